The molecule has 1 spiro atoms. The summed E-state index contributed by atoms with van der Waals surface area (Å²) in [6.45, 7) is 1.86. The lowest BCUT2D eigenvalue weighted by Gasteiger charge is -2.37. The van der Waals surface area contributed by atoms with Crippen molar-refractivity contribution in [2.24, 2.45) is 11.8 Å². The number of hydrogen-bond donors (Lipinski definition) is 3. The fourth-order valence-electron chi connectivity index (χ4n) is 6.63. The molecule has 0 aliphatic carbocycles. The summed E-state index contributed by atoms with van der Waals surface area (Å²) < 4.78 is 6.57. The zero-order valence-corrected chi connectivity index (χ0v) is 20.6. The third-order valence-corrected chi connectivity index (χ3v) is 8.22. The second kappa shape index (κ2) is 9.33. The highest BCUT2D eigenvalue weighted by molar-refractivity contribution is 5.99. The maximum atomic E-state index is 14.1. The second-order valence-electron chi connectivity index (χ2n) is 10.3. The van der Waals surface area contributed by atoms with Crippen molar-refractivity contribution in [1.29, 1.82) is 0 Å². The van der Waals surface area contributed by atoms with Crippen LogP contribution in [-0.4, -0.2) is 64.7 Å². The van der Waals surface area contributed by atoms with E-state index < -0.39 is 35.1 Å². The van der Waals surface area contributed by atoms with Gasteiger partial charge >= 0.3 is 0 Å². The van der Waals surface area contributed by atoms with Gasteiger partial charge in [-0.15, -0.1) is 0 Å². The Morgan fingerprint density at radius 3 is 2.31 bits per heavy atom. The summed E-state index contributed by atoms with van der Waals surface area (Å²) in [7, 11) is 1.55. The van der Waals surface area contributed by atoms with Crippen molar-refractivity contribution in [2.45, 2.75) is 56.0 Å². The Balaban J connectivity index is 1.52. The summed E-state index contributed by atoms with van der Waals surface area (Å²) in [6.07, 6.45) is 1.46. The normalized spacial score (nSPS) is 31.2. The number of ether oxygens (including phenoxy) is 1. The minimum absolute atomic E-state index is 0.258. The van der Waals surface area contributed by atoms with E-state index in [0.29, 0.717) is 25.8 Å². The first-order valence-corrected chi connectivity index (χ1v) is 12.5. The number of hydrogen-bond acceptors (Lipinski definition) is 5. The maximum Gasteiger partial charge on any atom is 0.246 e. The molecule has 3 N–H and O–H groups in total. The molecular weight excluding hydrogens is 458 g/mol. The third kappa shape index (κ3) is 3.79. The minimum Gasteiger partial charge on any atom is -0.394 e. The Morgan fingerprint density at radius 2 is 1.69 bits per heavy atom. The molecule has 3 amide bonds. The highest BCUT2D eigenvalue weighted by atomic mass is 16.5. The standard InChI is InChI=1S/C28H33N3O5/c1-27-13-14-28(36-27)22(21(27)24(33)29-2)26(35)31(20(17-32)15-18-9-5-3-6-10-18)23(28)25(34)30-16-19-11-7-4-8-12-19/h3-12,20-23,32H,13-17H2,1-2H3,(H,29,33)(H,30,34)/t20-,21+,22+,23?,27-,28?/m1/s1. The van der Waals surface area contributed by atoms with Crippen LogP contribution in [0.5, 0.6) is 0 Å². The average molecular weight is 492 g/mol. The summed E-state index contributed by atoms with van der Waals surface area (Å²) >= 11 is 0. The maximum absolute atomic E-state index is 14.1. The van der Waals surface area contributed by atoms with E-state index in [-0.39, 0.29) is 24.3 Å². The quantitative estimate of drug-likeness (QED) is 0.518. The molecule has 2 bridgehead atoms. The Morgan fingerprint density at radius 1 is 1.06 bits per heavy atom. The molecular formula is C28H33N3O5. The predicted octanol–water partition coefficient (Wildman–Crippen LogP) is 1.42. The lowest BCUT2D eigenvalue weighted by atomic mass is 9.66. The highest BCUT2D eigenvalue weighted by Gasteiger charge is 2.78. The molecule has 2 aromatic rings. The molecule has 5 rings (SSSR count). The van der Waals surface area contributed by atoms with Gasteiger partial charge in [0, 0.05) is 13.6 Å². The summed E-state index contributed by atoms with van der Waals surface area (Å²) in [5.74, 6) is -2.38. The van der Waals surface area contributed by atoms with Crippen LogP contribution in [0.25, 0.3) is 0 Å². The van der Waals surface area contributed by atoms with E-state index in [1.807, 2.05) is 67.6 Å². The SMILES string of the molecule is CNC(=O)[C@@H]1[C@H]2C(=O)N([C@@H](CO)Cc3ccccc3)C(C(=O)NCc3ccccc3)C23CC[C@@]1(C)O3. The average Bonchev–Trinajstić information content (AvgIpc) is 3.47. The van der Waals surface area contributed by atoms with Gasteiger partial charge < -0.3 is 25.4 Å². The molecule has 36 heavy (non-hydrogen) atoms. The molecule has 3 aliphatic heterocycles. The number of fused-ring (bicyclic) bond motifs is 1. The van der Waals surface area contributed by atoms with Crippen LogP contribution >= 0.6 is 0 Å². The fourth-order valence-corrected chi connectivity index (χ4v) is 6.63. The molecule has 3 fully saturated rings. The number of likely N-dealkylation sites (tertiary alicyclic amines) is 1. The van der Waals surface area contributed by atoms with Crippen LogP contribution in [0, 0.1) is 11.8 Å². The van der Waals surface area contributed by atoms with Crippen molar-refractivity contribution < 1.29 is 24.2 Å². The zero-order chi connectivity index (χ0) is 25.5. The van der Waals surface area contributed by atoms with Crippen LogP contribution in [0.4, 0.5) is 0 Å². The number of carbonyl (C=O) groups is 3. The number of nitrogens with one attached hydrogen (secondary N) is 2. The minimum atomic E-state index is -1.12. The number of benzene rings is 2. The van der Waals surface area contributed by atoms with E-state index in [0.717, 1.165) is 11.1 Å². The number of rotatable bonds is 8. The van der Waals surface area contributed by atoms with Crippen molar-refractivity contribution in [3.05, 3.63) is 71.8 Å². The Hall–Kier alpha value is -3.23. The molecule has 6 atom stereocenters. The molecule has 0 radical (unpaired) electrons. The molecule has 2 aromatic carbocycles. The van der Waals surface area contributed by atoms with Crippen LogP contribution < -0.4 is 10.6 Å². The van der Waals surface area contributed by atoms with E-state index >= 15 is 0 Å². The van der Waals surface area contributed by atoms with Crippen molar-refractivity contribution >= 4 is 17.7 Å². The van der Waals surface area contributed by atoms with Gasteiger partial charge in [0.05, 0.1) is 30.1 Å². The van der Waals surface area contributed by atoms with Crippen molar-refractivity contribution in [1.82, 2.24) is 15.5 Å². The number of nitrogens with zero attached hydrogens (tertiary/aromatic N) is 1. The lowest BCUT2D eigenvalue weighted by Crippen LogP contribution is -2.58. The number of amides is 3. The summed E-state index contributed by atoms with van der Waals surface area (Å²) in [5, 5.41) is 16.1. The monoisotopic (exact) mass is 491 g/mol. The van der Waals surface area contributed by atoms with Gasteiger partial charge in [-0.2, -0.15) is 0 Å². The van der Waals surface area contributed by atoms with Gasteiger partial charge in [-0.25, -0.2) is 0 Å². The van der Waals surface area contributed by atoms with Crippen molar-refractivity contribution in [2.75, 3.05) is 13.7 Å². The smallest absolute Gasteiger partial charge is 0.246 e. The highest BCUT2D eigenvalue weighted by Crippen LogP contribution is 2.63. The van der Waals surface area contributed by atoms with Crippen LogP contribution in [0.2, 0.25) is 0 Å². The molecule has 2 unspecified atom stereocenters. The van der Waals surface area contributed by atoms with Crippen LogP contribution in [0.3, 0.4) is 0 Å². The largest absolute Gasteiger partial charge is 0.394 e. The van der Waals surface area contributed by atoms with Gasteiger partial charge in [-0.05, 0) is 37.3 Å². The summed E-state index contributed by atoms with van der Waals surface area (Å²) in [5.41, 5.74) is -0.0556. The molecule has 0 aromatic heterocycles. The zero-order valence-electron chi connectivity index (χ0n) is 20.6. The van der Waals surface area contributed by atoms with Crippen molar-refractivity contribution in [3.8, 4) is 0 Å². The van der Waals surface area contributed by atoms with Crippen molar-refractivity contribution in [3.63, 3.8) is 0 Å². The first-order valence-electron chi connectivity index (χ1n) is 12.5. The molecule has 3 saturated heterocycles. The van der Waals surface area contributed by atoms with E-state index in [1.54, 1.807) is 7.05 Å². The molecule has 0 saturated carbocycles. The van der Waals surface area contributed by atoms with E-state index in [2.05, 4.69) is 10.6 Å². The molecule has 8 heteroatoms. The summed E-state index contributed by atoms with van der Waals surface area (Å²) in [6, 6.07) is 17.6. The first-order chi connectivity index (χ1) is 17.3. The Kier molecular flexibility index (Phi) is 6.34. The van der Waals surface area contributed by atoms with E-state index in [1.165, 1.54) is 4.90 Å². The predicted molar refractivity (Wildman–Crippen MR) is 132 cm³/mol. The molecule has 8 nitrogen and oxygen atoms in total. The second-order valence-corrected chi connectivity index (χ2v) is 10.3. The Bertz CT molecular complexity index is 1140. The van der Waals surface area contributed by atoms with Gasteiger partial charge in [0.15, 0.2) is 0 Å². The van der Waals surface area contributed by atoms with Gasteiger partial charge in [0.25, 0.3) is 0 Å². The number of carbonyl (C=O) groups excluding carboxylic acids is 3. The Labute approximate surface area is 211 Å². The van der Waals surface area contributed by atoms with Gasteiger partial charge in [0.2, 0.25) is 17.7 Å². The third-order valence-electron chi connectivity index (χ3n) is 8.22. The molecule has 190 valence electrons. The van der Waals surface area contributed by atoms with Gasteiger partial charge in [0.1, 0.15) is 11.6 Å². The summed E-state index contributed by atoms with van der Waals surface area (Å²) in [4.78, 5) is 42.5. The van der Waals surface area contributed by atoms with E-state index in [4.69, 9.17) is 4.74 Å². The van der Waals surface area contributed by atoms with Gasteiger partial charge in [-0.3, -0.25) is 14.4 Å². The van der Waals surface area contributed by atoms with Crippen LogP contribution in [0.1, 0.15) is 30.9 Å². The topological polar surface area (TPSA) is 108 Å². The molecule has 3 aliphatic rings. The number of aliphatic hydroxyl groups excluding tert-OH is 1. The fraction of sp³-hybridized carbons (Fsp3) is 0.464. The number of aliphatic hydroxyl groups is 1. The van der Waals surface area contributed by atoms with E-state index in [9.17, 15) is 19.5 Å². The van der Waals surface area contributed by atoms with Crippen LogP contribution in [0.15, 0.2) is 60.7 Å². The van der Waals surface area contributed by atoms with Crippen LogP contribution in [-0.2, 0) is 32.1 Å². The molecule has 3 heterocycles. The van der Waals surface area contributed by atoms with Gasteiger partial charge in [-0.1, -0.05) is 60.7 Å². The first kappa shape index (κ1) is 24.5. The lowest BCUT2D eigenvalue weighted by molar-refractivity contribution is -0.149.